The van der Waals surface area contributed by atoms with E-state index >= 15 is 0 Å². The minimum absolute atomic E-state index is 0.0655. The van der Waals surface area contributed by atoms with E-state index in [1.165, 1.54) is 28.7 Å². The van der Waals surface area contributed by atoms with Crippen molar-refractivity contribution in [3.05, 3.63) is 70.7 Å². The predicted molar refractivity (Wildman–Crippen MR) is 142 cm³/mol. The lowest BCUT2D eigenvalue weighted by Crippen LogP contribution is -2.42. The number of anilines is 1. The molecule has 1 aromatic heterocycles. The SMILES string of the molecule is CN1CCOC(COc2nn(-c3ccccc3)c(NC(N)=O)c2Cl)C1.OC1Cc2ccccc2C12CC2. The van der Waals surface area contributed by atoms with Gasteiger partial charge >= 0.3 is 6.03 Å². The van der Waals surface area contributed by atoms with Gasteiger partial charge in [0.1, 0.15) is 17.7 Å². The fraction of sp³-hybridized carbons (Fsp3) is 0.407. The molecule has 37 heavy (non-hydrogen) atoms. The van der Waals surface area contributed by atoms with Crippen molar-refractivity contribution in [2.45, 2.75) is 36.9 Å². The number of rotatable bonds is 5. The van der Waals surface area contributed by atoms with Crippen LogP contribution in [0.15, 0.2) is 54.6 Å². The molecular formula is C27H32ClN5O4. The van der Waals surface area contributed by atoms with Gasteiger partial charge in [0.25, 0.3) is 5.88 Å². The molecule has 1 saturated heterocycles. The molecule has 2 amide bonds. The maximum Gasteiger partial charge on any atom is 0.317 e. The van der Waals surface area contributed by atoms with Crippen LogP contribution in [0.3, 0.4) is 0 Å². The maximum atomic E-state index is 11.3. The van der Waals surface area contributed by atoms with Gasteiger partial charge in [-0.05, 0) is 49.6 Å². The number of primary amides is 1. The second-order valence-corrected chi connectivity index (χ2v) is 10.2. The number of aromatic nitrogens is 2. The van der Waals surface area contributed by atoms with Gasteiger partial charge in [0.15, 0.2) is 5.82 Å². The molecule has 1 saturated carbocycles. The third kappa shape index (κ3) is 5.45. The quantitative estimate of drug-likeness (QED) is 0.470. The normalized spacial score (nSPS) is 21.6. The number of urea groups is 1. The van der Waals surface area contributed by atoms with Crippen molar-refractivity contribution in [3.63, 3.8) is 0 Å². The summed E-state index contributed by atoms with van der Waals surface area (Å²) in [6.07, 6.45) is 3.08. The van der Waals surface area contributed by atoms with E-state index in [4.69, 9.17) is 26.8 Å². The van der Waals surface area contributed by atoms with Gasteiger partial charge in [0.2, 0.25) is 0 Å². The number of fused-ring (bicyclic) bond motifs is 2. The number of hydrogen-bond acceptors (Lipinski definition) is 6. The van der Waals surface area contributed by atoms with E-state index in [9.17, 15) is 9.90 Å². The minimum atomic E-state index is -0.734. The number of likely N-dealkylation sites (N-methyl/N-ethyl adjacent to an activating group) is 1. The van der Waals surface area contributed by atoms with Crippen LogP contribution in [0.2, 0.25) is 5.02 Å². The number of para-hydroxylation sites is 1. The number of nitrogens with one attached hydrogen (secondary N) is 1. The summed E-state index contributed by atoms with van der Waals surface area (Å²) in [6.45, 7) is 2.63. The standard InChI is InChI=1S/C16H20ClN5O3.C11H12O/c1-21-7-8-24-12(9-21)10-25-15-13(17)14(19-16(18)23)22(20-15)11-5-3-2-4-6-11;12-10-7-8-3-1-2-4-9(8)11(10)5-6-11/h2-6,12H,7-10H2,1H3,(H3,18,19,23);1-4,10,12H,5-7H2. The Hall–Kier alpha value is -3.11. The van der Waals surface area contributed by atoms with E-state index < -0.39 is 6.03 Å². The lowest BCUT2D eigenvalue weighted by atomic mass is 9.97. The number of morpholine rings is 1. The van der Waals surface area contributed by atoms with Gasteiger partial charge in [0, 0.05) is 18.5 Å². The van der Waals surface area contributed by atoms with Crippen LogP contribution in [0, 0.1) is 0 Å². The molecule has 2 atom stereocenters. The average molecular weight is 526 g/mol. The number of aliphatic hydroxyl groups excluding tert-OH is 1. The zero-order valence-electron chi connectivity index (χ0n) is 20.8. The van der Waals surface area contributed by atoms with Crippen LogP contribution in [0.4, 0.5) is 10.6 Å². The number of benzene rings is 2. The Kier molecular flexibility index (Phi) is 7.39. The molecule has 4 N–H and O–H groups in total. The first kappa shape index (κ1) is 25.5. The lowest BCUT2D eigenvalue weighted by molar-refractivity contribution is -0.0410. The molecule has 2 unspecified atom stereocenters. The van der Waals surface area contributed by atoms with Gasteiger partial charge in [0.05, 0.1) is 18.4 Å². The highest BCUT2D eigenvalue weighted by Crippen LogP contribution is 2.56. The summed E-state index contributed by atoms with van der Waals surface area (Å²) in [5.41, 5.74) is 8.93. The monoisotopic (exact) mass is 525 g/mol. The molecule has 2 heterocycles. The van der Waals surface area contributed by atoms with Gasteiger partial charge in [-0.15, -0.1) is 5.10 Å². The van der Waals surface area contributed by atoms with Crippen molar-refractivity contribution >= 4 is 23.4 Å². The number of halogens is 1. The van der Waals surface area contributed by atoms with Crippen molar-refractivity contribution < 1.29 is 19.4 Å². The Morgan fingerprint density at radius 3 is 2.68 bits per heavy atom. The molecule has 0 bridgehead atoms. The first-order valence-corrected chi connectivity index (χ1v) is 12.8. The van der Waals surface area contributed by atoms with Crippen LogP contribution >= 0.6 is 11.6 Å². The fourth-order valence-corrected chi connectivity index (χ4v) is 5.32. The molecule has 2 aromatic carbocycles. The van der Waals surface area contributed by atoms with Gasteiger partial charge in [-0.3, -0.25) is 5.32 Å². The van der Waals surface area contributed by atoms with Crippen LogP contribution in [0.5, 0.6) is 5.88 Å². The van der Waals surface area contributed by atoms with Crippen LogP contribution in [-0.2, 0) is 16.6 Å². The third-order valence-corrected chi connectivity index (χ3v) is 7.52. The third-order valence-electron chi connectivity index (χ3n) is 7.18. The Morgan fingerprint density at radius 1 is 1.24 bits per heavy atom. The highest BCUT2D eigenvalue weighted by molar-refractivity contribution is 6.34. The van der Waals surface area contributed by atoms with Gasteiger partial charge in [-0.1, -0.05) is 54.1 Å². The van der Waals surface area contributed by atoms with Crippen molar-refractivity contribution in [3.8, 4) is 11.6 Å². The smallest absolute Gasteiger partial charge is 0.317 e. The van der Waals surface area contributed by atoms with Crippen LogP contribution in [-0.4, -0.2) is 71.4 Å². The molecule has 1 spiro atoms. The number of nitrogens with zero attached hydrogens (tertiary/aromatic N) is 3. The molecule has 10 heteroatoms. The van der Waals surface area contributed by atoms with E-state index in [1.54, 1.807) is 0 Å². The minimum Gasteiger partial charge on any atom is -0.473 e. The highest BCUT2D eigenvalue weighted by Gasteiger charge is 2.54. The summed E-state index contributed by atoms with van der Waals surface area (Å²) < 4.78 is 12.9. The van der Waals surface area contributed by atoms with E-state index in [1.807, 2.05) is 37.4 Å². The Labute approximate surface area is 221 Å². The molecule has 6 rings (SSSR count). The summed E-state index contributed by atoms with van der Waals surface area (Å²) in [7, 11) is 2.03. The van der Waals surface area contributed by atoms with Crippen molar-refractivity contribution in [2.24, 2.45) is 5.73 Å². The molecule has 1 aliphatic heterocycles. The molecule has 2 fully saturated rings. The van der Waals surface area contributed by atoms with Gasteiger partial charge in [-0.2, -0.15) is 0 Å². The van der Waals surface area contributed by atoms with Crippen molar-refractivity contribution in [2.75, 3.05) is 38.7 Å². The zero-order chi connectivity index (χ0) is 26.0. The maximum absolute atomic E-state index is 11.3. The van der Waals surface area contributed by atoms with E-state index in [2.05, 4.69) is 39.6 Å². The van der Waals surface area contributed by atoms with E-state index in [0.29, 0.717) is 13.2 Å². The van der Waals surface area contributed by atoms with Crippen molar-refractivity contribution in [1.29, 1.82) is 0 Å². The predicted octanol–water partition coefficient (Wildman–Crippen LogP) is 3.36. The topological polar surface area (TPSA) is 115 Å². The molecular weight excluding hydrogens is 494 g/mol. The second kappa shape index (κ2) is 10.7. The first-order valence-electron chi connectivity index (χ1n) is 12.5. The van der Waals surface area contributed by atoms with Gasteiger partial charge < -0.3 is 25.2 Å². The second-order valence-electron chi connectivity index (χ2n) is 9.80. The number of ether oxygens (including phenoxy) is 2. The number of amides is 2. The van der Waals surface area contributed by atoms with Crippen LogP contribution < -0.4 is 15.8 Å². The molecule has 9 nitrogen and oxygen atoms in total. The molecule has 2 aliphatic carbocycles. The number of hydrogen-bond donors (Lipinski definition) is 3. The zero-order valence-corrected chi connectivity index (χ0v) is 21.5. The average Bonchev–Trinajstić information content (AvgIpc) is 3.58. The van der Waals surface area contributed by atoms with E-state index in [-0.39, 0.29) is 34.3 Å². The molecule has 0 radical (unpaired) electrons. The molecule has 196 valence electrons. The largest absolute Gasteiger partial charge is 0.473 e. The first-order chi connectivity index (χ1) is 17.9. The summed E-state index contributed by atoms with van der Waals surface area (Å²) in [6, 6.07) is 17.0. The summed E-state index contributed by atoms with van der Waals surface area (Å²) in [5, 5.41) is 16.9. The van der Waals surface area contributed by atoms with Crippen molar-refractivity contribution in [1.82, 2.24) is 14.7 Å². The summed E-state index contributed by atoms with van der Waals surface area (Å²) in [4.78, 5) is 13.5. The highest BCUT2D eigenvalue weighted by atomic mass is 35.5. The number of aliphatic hydroxyl groups is 1. The Bertz CT molecular complexity index is 1250. The molecule has 3 aromatic rings. The molecule has 3 aliphatic rings. The Balaban J connectivity index is 0.000000192. The number of carbonyl (C=O) groups is 1. The Morgan fingerprint density at radius 2 is 1.97 bits per heavy atom. The van der Waals surface area contributed by atoms with Crippen LogP contribution in [0.1, 0.15) is 24.0 Å². The van der Waals surface area contributed by atoms with E-state index in [0.717, 1.165) is 25.2 Å². The van der Waals surface area contributed by atoms with Gasteiger partial charge in [-0.25, -0.2) is 9.48 Å². The lowest BCUT2D eigenvalue weighted by Gasteiger charge is -2.29. The fourth-order valence-electron chi connectivity index (χ4n) is 5.10. The summed E-state index contributed by atoms with van der Waals surface area (Å²) >= 11 is 6.34. The van der Waals surface area contributed by atoms with Crippen LogP contribution in [0.25, 0.3) is 5.69 Å². The number of nitrogens with two attached hydrogens (primary N) is 1. The number of carbonyl (C=O) groups excluding carboxylic acids is 1. The summed E-state index contributed by atoms with van der Waals surface area (Å²) in [5.74, 6) is 0.475.